The van der Waals surface area contributed by atoms with E-state index in [1.807, 2.05) is 97.1 Å². The Labute approximate surface area is 187 Å². The Kier molecular flexibility index (Phi) is 7.49. The molecule has 2 nitrogen and oxygen atoms in total. The van der Waals surface area contributed by atoms with Gasteiger partial charge in [-0.05, 0) is 57.6 Å². The average Bonchev–Trinajstić information content (AvgIpc) is 2.80. The van der Waals surface area contributed by atoms with Gasteiger partial charge in [0.05, 0.1) is 0 Å². The minimum atomic E-state index is -2.94. The monoisotopic (exact) mass is 465 g/mol. The Balaban J connectivity index is 1.71. The third-order valence-corrected chi connectivity index (χ3v) is 14.6. The maximum Gasteiger partial charge on any atom is 0.267 e. The van der Waals surface area contributed by atoms with Crippen LogP contribution in [-0.2, 0) is 4.57 Å². The molecule has 4 rings (SSSR count). The molecule has 30 heavy (non-hydrogen) atoms. The molecule has 1 N–H and O–H groups in total. The molecule has 0 aliphatic heterocycles. The van der Waals surface area contributed by atoms with Gasteiger partial charge in [-0.25, -0.2) is 4.86 Å². The topological polar surface area (TPSA) is 29.1 Å². The molecular formula is C24H21NOP2S2. The zero-order valence-electron chi connectivity index (χ0n) is 16.2. The summed E-state index contributed by atoms with van der Waals surface area (Å²) in [5.74, 6) is 0. The SMILES string of the molecule is O=P(NP(c1ccccc1)c1ccccc1)(Sc1ccccc1)Sc1ccccc1. The highest BCUT2D eigenvalue weighted by atomic mass is 33.1. The first-order chi connectivity index (χ1) is 14.7. The molecule has 4 aromatic carbocycles. The van der Waals surface area contributed by atoms with Crippen molar-refractivity contribution in [1.29, 1.82) is 0 Å². The molecule has 0 heterocycles. The van der Waals surface area contributed by atoms with Crippen molar-refractivity contribution < 1.29 is 4.57 Å². The summed E-state index contributed by atoms with van der Waals surface area (Å²) in [6.07, 6.45) is 0. The van der Waals surface area contributed by atoms with Crippen molar-refractivity contribution in [2.24, 2.45) is 0 Å². The van der Waals surface area contributed by atoms with Crippen molar-refractivity contribution in [2.75, 3.05) is 0 Å². The van der Waals surface area contributed by atoms with Gasteiger partial charge in [-0.2, -0.15) is 0 Å². The van der Waals surface area contributed by atoms with Gasteiger partial charge in [-0.15, -0.1) is 0 Å². The predicted molar refractivity (Wildman–Crippen MR) is 134 cm³/mol. The maximum atomic E-state index is 14.3. The fourth-order valence-corrected chi connectivity index (χ4v) is 14.1. The van der Waals surface area contributed by atoms with Crippen LogP contribution in [0.1, 0.15) is 0 Å². The Bertz CT molecular complexity index is 1010. The second-order valence-corrected chi connectivity index (χ2v) is 16.1. The second-order valence-electron chi connectivity index (χ2n) is 6.41. The summed E-state index contributed by atoms with van der Waals surface area (Å²) in [5.41, 5.74) is -2.94. The molecule has 0 unspecified atom stereocenters. The van der Waals surface area contributed by atoms with Crippen LogP contribution in [0.2, 0.25) is 0 Å². The van der Waals surface area contributed by atoms with E-state index in [4.69, 9.17) is 0 Å². The largest absolute Gasteiger partial charge is 0.282 e. The van der Waals surface area contributed by atoms with Gasteiger partial charge < -0.3 is 0 Å². The third kappa shape index (κ3) is 5.88. The smallest absolute Gasteiger partial charge is 0.267 e. The summed E-state index contributed by atoms with van der Waals surface area (Å²) in [6, 6.07) is 40.5. The first kappa shape index (κ1) is 21.4. The molecule has 0 radical (unpaired) electrons. The molecule has 0 bridgehead atoms. The molecule has 0 atom stereocenters. The van der Waals surface area contributed by atoms with E-state index in [1.54, 1.807) is 0 Å². The van der Waals surface area contributed by atoms with E-state index in [9.17, 15) is 4.57 Å². The van der Waals surface area contributed by atoms with Gasteiger partial charge >= 0.3 is 0 Å². The van der Waals surface area contributed by atoms with E-state index in [-0.39, 0.29) is 0 Å². The van der Waals surface area contributed by atoms with Crippen LogP contribution in [-0.4, -0.2) is 0 Å². The van der Waals surface area contributed by atoms with Crippen molar-refractivity contribution >= 4 is 47.1 Å². The standard InChI is InChI=1S/C24H21NOP2S2/c26-28(29-23-17-9-3-10-18-23,30-24-19-11-4-12-20-24)25-27(21-13-5-1-6-14-21)22-15-7-2-8-16-22/h1-20H,(H,25,26). The minimum Gasteiger partial charge on any atom is -0.282 e. The lowest BCUT2D eigenvalue weighted by atomic mass is 10.4. The molecule has 0 amide bonds. The van der Waals surface area contributed by atoms with Gasteiger partial charge in [0.1, 0.15) is 0 Å². The van der Waals surface area contributed by atoms with Gasteiger partial charge in [-0.3, -0.25) is 4.57 Å². The molecule has 4 aromatic rings. The highest BCUT2D eigenvalue weighted by Crippen LogP contribution is 2.73. The quantitative estimate of drug-likeness (QED) is 0.276. The molecule has 0 saturated heterocycles. The van der Waals surface area contributed by atoms with Crippen LogP contribution in [0.3, 0.4) is 0 Å². The van der Waals surface area contributed by atoms with Crippen LogP contribution in [0.25, 0.3) is 0 Å². The molecule has 0 fully saturated rings. The summed E-state index contributed by atoms with van der Waals surface area (Å²) < 4.78 is 14.3. The number of nitrogens with one attached hydrogen (secondary N) is 1. The number of hydrogen-bond acceptors (Lipinski definition) is 3. The summed E-state index contributed by atoms with van der Waals surface area (Å²) in [5, 5.41) is 2.31. The predicted octanol–water partition coefficient (Wildman–Crippen LogP) is 7.32. The molecule has 0 saturated carbocycles. The number of rotatable bonds is 8. The van der Waals surface area contributed by atoms with Crippen LogP contribution >= 0.6 is 36.5 Å². The lowest BCUT2D eigenvalue weighted by Gasteiger charge is -2.26. The molecule has 6 heteroatoms. The highest BCUT2D eigenvalue weighted by molar-refractivity contribution is 8.90. The zero-order chi connectivity index (χ0) is 20.7. The number of benzene rings is 4. The molecule has 150 valence electrons. The Morgan fingerprint density at radius 2 is 0.867 bits per heavy atom. The summed E-state index contributed by atoms with van der Waals surface area (Å²) in [4.78, 5) is 5.59. The van der Waals surface area contributed by atoms with Crippen molar-refractivity contribution in [1.82, 2.24) is 4.86 Å². The van der Waals surface area contributed by atoms with E-state index in [1.165, 1.54) is 22.8 Å². The lowest BCUT2D eigenvalue weighted by Crippen LogP contribution is -2.20. The van der Waals surface area contributed by atoms with Crippen LogP contribution in [0.5, 0.6) is 0 Å². The Morgan fingerprint density at radius 1 is 0.533 bits per heavy atom. The highest BCUT2D eigenvalue weighted by Gasteiger charge is 2.30. The fourth-order valence-electron chi connectivity index (χ4n) is 2.84. The van der Waals surface area contributed by atoms with Gasteiger partial charge in [0.15, 0.2) is 0 Å². The molecule has 0 aliphatic rings. The van der Waals surface area contributed by atoms with Crippen LogP contribution in [0.4, 0.5) is 0 Å². The first-order valence-electron chi connectivity index (χ1n) is 9.49. The van der Waals surface area contributed by atoms with E-state index >= 15 is 0 Å². The average molecular weight is 466 g/mol. The van der Waals surface area contributed by atoms with E-state index < -0.39 is 13.8 Å². The maximum absolute atomic E-state index is 14.3. The minimum absolute atomic E-state index is 0.986. The third-order valence-electron chi connectivity index (χ3n) is 4.19. The summed E-state index contributed by atoms with van der Waals surface area (Å²) in [7, 11) is -0.986. The van der Waals surface area contributed by atoms with Gasteiger partial charge in [0, 0.05) is 17.9 Å². The lowest BCUT2D eigenvalue weighted by molar-refractivity contribution is 0.592. The van der Waals surface area contributed by atoms with Crippen molar-refractivity contribution in [3.05, 3.63) is 121 Å². The van der Waals surface area contributed by atoms with Crippen LogP contribution in [0.15, 0.2) is 131 Å². The fraction of sp³-hybridized carbons (Fsp3) is 0. The summed E-state index contributed by atoms with van der Waals surface area (Å²) >= 11 is 2.85. The first-order valence-corrected chi connectivity index (χ1v) is 15.4. The zero-order valence-corrected chi connectivity index (χ0v) is 19.6. The van der Waals surface area contributed by atoms with E-state index in [0.717, 1.165) is 20.4 Å². The second kappa shape index (κ2) is 10.5. The Morgan fingerprint density at radius 3 is 1.23 bits per heavy atom. The van der Waals surface area contributed by atoms with Gasteiger partial charge in [-0.1, -0.05) is 97.1 Å². The van der Waals surface area contributed by atoms with E-state index in [0.29, 0.717) is 0 Å². The van der Waals surface area contributed by atoms with E-state index in [2.05, 4.69) is 29.1 Å². The van der Waals surface area contributed by atoms with Gasteiger partial charge in [0.2, 0.25) is 0 Å². The van der Waals surface area contributed by atoms with Crippen molar-refractivity contribution in [3.8, 4) is 0 Å². The van der Waals surface area contributed by atoms with Gasteiger partial charge in [0.25, 0.3) is 5.70 Å². The molecule has 0 aliphatic carbocycles. The van der Waals surface area contributed by atoms with Crippen molar-refractivity contribution in [3.63, 3.8) is 0 Å². The summed E-state index contributed by atoms with van der Waals surface area (Å²) in [6.45, 7) is 0. The number of hydrogen-bond donors (Lipinski definition) is 1. The van der Waals surface area contributed by atoms with Crippen LogP contribution in [0, 0.1) is 0 Å². The molecule has 0 spiro atoms. The molecule has 0 aromatic heterocycles. The normalized spacial score (nSPS) is 11.5. The Hall–Kier alpha value is -1.80. The van der Waals surface area contributed by atoms with Crippen LogP contribution < -0.4 is 15.5 Å². The van der Waals surface area contributed by atoms with Crippen molar-refractivity contribution in [2.45, 2.75) is 9.79 Å². The molecular weight excluding hydrogens is 444 g/mol.